The summed E-state index contributed by atoms with van der Waals surface area (Å²) in [6.45, 7) is -0.507. The lowest BCUT2D eigenvalue weighted by Gasteiger charge is -2.13. The minimum atomic E-state index is -2.90. The van der Waals surface area contributed by atoms with Gasteiger partial charge in [0.25, 0.3) is 0 Å². The molecule has 0 aliphatic heterocycles. The lowest BCUT2D eigenvalue weighted by atomic mass is 10.2. The van der Waals surface area contributed by atoms with Crippen molar-refractivity contribution in [1.29, 1.82) is 0 Å². The summed E-state index contributed by atoms with van der Waals surface area (Å²) in [5.41, 5.74) is 0.792. The van der Waals surface area contributed by atoms with E-state index < -0.39 is 12.7 Å². The van der Waals surface area contributed by atoms with Gasteiger partial charge in [-0.15, -0.1) is 0 Å². The van der Waals surface area contributed by atoms with Crippen LogP contribution in [0, 0.1) is 0 Å². The van der Waals surface area contributed by atoms with E-state index in [1.165, 1.54) is 6.07 Å². The summed E-state index contributed by atoms with van der Waals surface area (Å²) in [4.78, 5) is 0. The van der Waals surface area contributed by atoms with Crippen LogP contribution in [0.4, 0.5) is 8.78 Å². The summed E-state index contributed by atoms with van der Waals surface area (Å²) in [6.07, 6.45) is -0.831. The van der Waals surface area contributed by atoms with Crippen molar-refractivity contribution in [3.05, 3.63) is 23.8 Å². The Morgan fingerprint density at radius 1 is 1.30 bits per heavy atom. The van der Waals surface area contributed by atoms with Crippen molar-refractivity contribution < 1.29 is 28.5 Å². The molecule has 0 fully saturated rings. The van der Waals surface area contributed by atoms with Gasteiger partial charge in [-0.1, -0.05) is 6.07 Å². The Kier molecular flexibility index (Phi) is 7.21. The molecule has 0 saturated carbocycles. The van der Waals surface area contributed by atoms with E-state index in [1.807, 2.05) is 0 Å². The van der Waals surface area contributed by atoms with Crippen LogP contribution in [0.5, 0.6) is 11.5 Å². The van der Waals surface area contributed by atoms with Crippen LogP contribution in [0.3, 0.4) is 0 Å². The Hall–Kier alpha value is -1.44. The molecule has 0 heterocycles. The first-order chi connectivity index (χ1) is 9.56. The molecule has 20 heavy (non-hydrogen) atoms. The second-order valence-corrected chi connectivity index (χ2v) is 4.06. The molecule has 1 atom stereocenters. The maximum absolute atomic E-state index is 12.2. The molecule has 0 radical (unpaired) electrons. The number of aliphatic hydroxyl groups excluding tert-OH is 2. The number of aliphatic hydroxyl groups is 2. The molecule has 0 bridgehead atoms. The molecule has 1 rings (SSSR count). The fourth-order valence-electron chi connectivity index (χ4n) is 1.57. The highest BCUT2D eigenvalue weighted by Gasteiger charge is 2.11. The van der Waals surface area contributed by atoms with Crippen molar-refractivity contribution in [1.82, 2.24) is 5.32 Å². The third-order valence-corrected chi connectivity index (χ3v) is 2.44. The zero-order chi connectivity index (χ0) is 15.0. The minimum Gasteiger partial charge on any atom is -0.490 e. The number of hydrogen-bond acceptors (Lipinski definition) is 5. The van der Waals surface area contributed by atoms with Gasteiger partial charge in [-0.25, -0.2) is 0 Å². The van der Waals surface area contributed by atoms with Gasteiger partial charge in [-0.3, -0.25) is 0 Å². The highest BCUT2D eigenvalue weighted by Crippen LogP contribution is 2.29. The lowest BCUT2D eigenvalue weighted by Crippen LogP contribution is -2.28. The summed E-state index contributed by atoms with van der Waals surface area (Å²) < 4.78 is 34.1. The van der Waals surface area contributed by atoms with E-state index in [0.717, 1.165) is 5.56 Å². The first kappa shape index (κ1) is 16.6. The van der Waals surface area contributed by atoms with Crippen LogP contribution in [0.25, 0.3) is 0 Å². The number of alkyl halides is 2. The summed E-state index contributed by atoms with van der Waals surface area (Å²) in [7, 11) is 0. The molecule has 0 spiro atoms. The van der Waals surface area contributed by atoms with Crippen molar-refractivity contribution in [2.75, 3.05) is 19.8 Å². The van der Waals surface area contributed by atoms with Gasteiger partial charge in [0.15, 0.2) is 11.5 Å². The third-order valence-electron chi connectivity index (χ3n) is 2.44. The van der Waals surface area contributed by atoms with E-state index in [0.29, 0.717) is 13.2 Å². The molecule has 5 nitrogen and oxygen atoms in total. The van der Waals surface area contributed by atoms with E-state index >= 15 is 0 Å². The van der Waals surface area contributed by atoms with Crippen LogP contribution in [-0.2, 0) is 6.54 Å². The number of halogens is 2. The van der Waals surface area contributed by atoms with Gasteiger partial charge >= 0.3 is 6.61 Å². The van der Waals surface area contributed by atoms with Crippen LogP contribution >= 0.6 is 0 Å². The normalized spacial score (nSPS) is 12.5. The van der Waals surface area contributed by atoms with Gasteiger partial charge in [-0.2, -0.15) is 8.78 Å². The topological polar surface area (TPSA) is 71.0 Å². The Morgan fingerprint density at radius 2 is 2.05 bits per heavy atom. The fourth-order valence-corrected chi connectivity index (χ4v) is 1.57. The number of ether oxygens (including phenoxy) is 2. The standard InChI is InChI=1S/C13H19F2NO4/c1-2-19-12-5-9(6-16-7-10(18)8-17)3-4-11(12)20-13(14)15/h3-5,10,13,16-18H,2,6-8H2,1H3. The van der Waals surface area contributed by atoms with Gasteiger partial charge in [-0.05, 0) is 24.6 Å². The molecule has 0 amide bonds. The second-order valence-electron chi connectivity index (χ2n) is 4.06. The van der Waals surface area contributed by atoms with Crippen LogP contribution in [0.1, 0.15) is 12.5 Å². The van der Waals surface area contributed by atoms with E-state index in [1.54, 1.807) is 19.1 Å². The predicted octanol–water partition coefficient (Wildman–Crippen LogP) is 1.13. The van der Waals surface area contributed by atoms with Crippen LogP contribution in [0.15, 0.2) is 18.2 Å². The molecule has 0 aliphatic carbocycles. The largest absolute Gasteiger partial charge is 0.490 e. The number of benzene rings is 1. The molecule has 7 heteroatoms. The molecule has 1 aromatic carbocycles. The number of hydrogen-bond donors (Lipinski definition) is 3. The first-order valence-corrected chi connectivity index (χ1v) is 6.27. The highest BCUT2D eigenvalue weighted by atomic mass is 19.3. The average molecular weight is 291 g/mol. The summed E-state index contributed by atoms with van der Waals surface area (Å²) in [6, 6.07) is 4.63. The molecule has 0 saturated heterocycles. The maximum Gasteiger partial charge on any atom is 0.387 e. The molecule has 3 N–H and O–H groups in total. The molecule has 1 aromatic rings. The van der Waals surface area contributed by atoms with Gasteiger partial charge in [0.05, 0.1) is 19.3 Å². The van der Waals surface area contributed by atoms with Crippen molar-refractivity contribution in [3.8, 4) is 11.5 Å². The SMILES string of the molecule is CCOc1cc(CNCC(O)CO)ccc1OC(F)F. The minimum absolute atomic E-state index is 0.0130. The molecular weight excluding hydrogens is 272 g/mol. The van der Waals surface area contributed by atoms with Crippen LogP contribution < -0.4 is 14.8 Å². The Balaban J connectivity index is 2.66. The molecule has 1 unspecified atom stereocenters. The molecule has 0 aliphatic rings. The lowest BCUT2D eigenvalue weighted by molar-refractivity contribution is -0.0514. The first-order valence-electron chi connectivity index (χ1n) is 6.27. The van der Waals surface area contributed by atoms with Crippen LogP contribution in [-0.4, -0.2) is 42.7 Å². The maximum atomic E-state index is 12.2. The summed E-state index contributed by atoms with van der Waals surface area (Å²) in [5.74, 6) is 0.232. The van der Waals surface area contributed by atoms with Gasteiger partial charge < -0.3 is 25.0 Å². The van der Waals surface area contributed by atoms with E-state index in [2.05, 4.69) is 10.1 Å². The molecule has 114 valence electrons. The Bertz CT molecular complexity index is 404. The second kappa shape index (κ2) is 8.68. The van der Waals surface area contributed by atoms with Gasteiger partial charge in [0.2, 0.25) is 0 Å². The van der Waals surface area contributed by atoms with Crippen molar-refractivity contribution in [3.63, 3.8) is 0 Å². The summed E-state index contributed by atoms with van der Waals surface area (Å²) in [5, 5.41) is 20.8. The zero-order valence-corrected chi connectivity index (χ0v) is 11.2. The zero-order valence-electron chi connectivity index (χ0n) is 11.2. The smallest absolute Gasteiger partial charge is 0.387 e. The fraction of sp³-hybridized carbons (Fsp3) is 0.538. The van der Waals surface area contributed by atoms with E-state index in [9.17, 15) is 13.9 Å². The monoisotopic (exact) mass is 291 g/mol. The predicted molar refractivity (Wildman–Crippen MR) is 69.0 cm³/mol. The van der Waals surface area contributed by atoms with Gasteiger partial charge in [0.1, 0.15) is 0 Å². The third kappa shape index (κ3) is 5.68. The van der Waals surface area contributed by atoms with E-state index in [-0.39, 0.29) is 24.7 Å². The van der Waals surface area contributed by atoms with Crippen molar-refractivity contribution in [2.24, 2.45) is 0 Å². The van der Waals surface area contributed by atoms with Crippen molar-refractivity contribution >= 4 is 0 Å². The average Bonchev–Trinajstić information content (AvgIpc) is 2.41. The quantitative estimate of drug-likeness (QED) is 0.636. The summed E-state index contributed by atoms with van der Waals surface area (Å²) >= 11 is 0. The van der Waals surface area contributed by atoms with E-state index in [4.69, 9.17) is 9.84 Å². The molecular formula is C13H19F2NO4. The highest BCUT2D eigenvalue weighted by molar-refractivity contribution is 5.43. The molecule has 0 aromatic heterocycles. The van der Waals surface area contributed by atoms with Crippen molar-refractivity contribution in [2.45, 2.75) is 26.2 Å². The Labute approximate surface area is 116 Å². The number of rotatable bonds is 9. The van der Waals surface area contributed by atoms with Gasteiger partial charge in [0, 0.05) is 13.1 Å². The Morgan fingerprint density at radius 3 is 2.65 bits per heavy atom. The van der Waals surface area contributed by atoms with Crippen LogP contribution in [0.2, 0.25) is 0 Å². The number of nitrogens with one attached hydrogen (secondary N) is 1.